The molecule has 0 fully saturated rings. The lowest BCUT2D eigenvalue weighted by Gasteiger charge is -2.26. The zero-order chi connectivity index (χ0) is 21.2. The molecule has 0 aliphatic carbocycles. The third kappa shape index (κ3) is 3.64. The van der Waals surface area contributed by atoms with Crippen molar-refractivity contribution in [3.8, 4) is 11.5 Å². The highest BCUT2D eigenvalue weighted by atomic mass is 16.6. The molecule has 0 saturated carbocycles. The van der Waals surface area contributed by atoms with Gasteiger partial charge in [0.05, 0.1) is 0 Å². The van der Waals surface area contributed by atoms with Gasteiger partial charge in [0.2, 0.25) is 11.9 Å². The summed E-state index contributed by atoms with van der Waals surface area (Å²) < 4.78 is 17.1. The second-order valence-electron chi connectivity index (χ2n) is 7.20. The van der Waals surface area contributed by atoms with Gasteiger partial charge in [0.25, 0.3) is 0 Å². The molecule has 6 heteroatoms. The monoisotopic (exact) mass is 413 g/mol. The molecule has 0 unspecified atom stereocenters. The lowest BCUT2D eigenvalue weighted by Crippen LogP contribution is -2.39. The van der Waals surface area contributed by atoms with E-state index in [0.29, 0.717) is 22.6 Å². The van der Waals surface area contributed by atoms with Crippen LogP contribution >= 0.6 is 0 Å². The number of fused-ring (bicyclic) bond motifs is 2. The number of carbonyl (C=O) groups is 2. The lowest BCUT2D eigenvalue weighted by molar-refractivity contribution is -0.158. The van der Waals surface area contributed by atoms with Crippen molar-refractivity contribution in [3.63, 3.8) is 0 Å². The van der Waals surface area contributed by atoms with E-state index in [1.165, 1.54) is 0 Å². The van der Waals surface area contributed by atoms with E-state index in [0.717, 1.165) is 10.9 Å². The van der Waals surface area contributed by atoms with E-state index in [-0.39, 0.29) is 12.4 Å². The Labute approximate surface area is 178 Å². The van der Waals surface area contributed by atoms with Crippen LogP contribution < -0.4 is 9.47 Å². The van der Waals surface area contributed by atoms with Gasteiger partial charge in [-0.1, -0.05) is 60.7 Å². The fraction of sp³-hybridized carbons (Fsp3) is 0.120. The van der Waals surface area contributed by atoms with Crippen LogP contribution in [0.3, 0.4) is 0 Å². The summed E-state index contributed by atoms with van der Waals surface area (Å²) in [5, 5.41) is 0.774. The average Bonchev–Trinajstić information content (AvgIpc) is 3.26. The smallest absolute Gasteiger partial charge is 0.352 e. The van der Waals surface area contributed by atoms with Gasteiger partial charge in [0, 0.05) is 28.2 Å². The second-order valence-corrected chi connectivity index (χ2v) is 7.20. The van der Waals surface area contributed by atoms with Crippen LogP contribution in [-0.4, -0.2) is 29.4 Å². The quantitative estimate of drug-likeness (QED) is 0.386. The predicted molar refractivity (Wildman–Crippen MR) is 114 cm³/mol. The Bertz CT molecular complexity index is 1250. The molecule has 1 aromatic heterocycles. The molecule has 2 atom stereocenters. The van der Waals surface area contributed by atoms with Crippen molar-refractivity contribution < 1.29 is 23.8 Å². The number of nitrogens with one attached hydrogen (secondary N) is 1. The molecular weight excluding hydrogens is 394 g/mol. The van der Waals surface area contributed by atoms with E-state index in [1.54, 1.807) is 48.7 Å². The molecule has 154 valence electrons. The van der Waals surface area contributed by atoms with Gasteiger partial charge in [0.1, 0.15) is 6.61 Å². The van der Waals surface area contributed by atoms with Crippen LogP contribution in [0.15, 0.2) is 85.1 Å². The summed E-state index contributed by atoms with van der Waals surface area (Å²) in [6.07, 6.45) is -0.418. The highest BCUT2D eigenvalue weighted by molar-refractivity contribution is 6.10. The van der Waals surface area contributed by atoms with Crippen LogP contribution in [0.4, 0.5) is 0 Å². The van der Waals surface area contributed by atoms with E-state index < -0.39 is 18.2 Å². The second kappa shape index (κ2) is 7.99. The van der Waals surface area contributed by atoms with Crippen molar-refractivity contribution in [1.29, 1.82) is 0 Å². The van der Waals surface area contributed by atoms with Crippen LogP contribution in [0.1, 0.15) is 22.0 Å². The van der Waals surface area contributed by atoms with E-state index in [1.807, 2.05) is 36.4 Å². The fourth-order valence-corrected chi connectivity index (χ4v) is 3.65. The third-order valence-electron chi connectivity index (χ3n) is 5.20. The maximum absolute atomic E-state index is 13.5. The van der Waals surface area contributed by atoms with Crippen LogP contribution in [0.25, 0.3) is 10.9 Å². The number of ether oxygens (including phenoxy) is 3. The molecule has 6 nitrogen and oxygen atoms in total. The highest BCUT2D eigenvalue weighted by Gasteiger charge is 2.34. The largest absolute Gasteiger partial charge is 0.485 e. The van der Waals surface area contributed by atoms with Crippen molar-refractivity contribution in [2.45, 2.75) is 12.2 Å². The highest BCUT2D eigenvalue weighted by Crippen LogP contribution is 2.32. The van der Waals surface area contributed by atoms with Gasteiger partial charge < -0.3 is 19.2 Å². The van der Waals surface area contributed by atoms with Crippen molar-refractivity contribution in [3.05, 3.63) is 96.2 Å². The Kier molecular flexibility index (Phi) is 4.88. The van der Waals surface area contributed by atoms with E-state index in [2.05, 4.69) is 4.98 Å². The first-order valence-electron chi connectivity index (χ1n) is 9.95. The van der Waals surface area contributed by atoms with Crippen molar-refractivity contribution in [1.82, 2.24) is 4.98 Å². The molecule has 0 spiro atoms. The summed E-state index contributed by atoms with van der Waals surface area (Å²) in [5.74, 6) is 0.0709. The molecule has 1 aliphatic rings. The Balaban J connectivity index is 1.43. The van der Waals surface area contributed by atoms with Gasteiger partial charge in [-0.25, -0.2) is 4.79 Å². The summed E-state index contributed by atoms with van der Waals surface area (Å²) >= 11 is 0. The molecule has 2 heterocycles. The van der Waals surface area contributed by atoms with Gasteiger partial charge in [-0.3, -0.25) is 4.79 Å². The van der Waals surface area contributed by atoms with Gasteiger partial charge in [0.15, 0.2) is 17.6 Å². The molecule has 0 radical (unpaired) electrons. The number of Topliss-reactive ketones (excluding diaryl/α,β-unsaturated/α-hetero) is 1. The van der Waals surface area contributed by atoms with E-state index in [9.17, 15) is 9.59 Å². The number of benzene rings is 3. The van der Waals surface area contributed by atoms with Crippen LogP contribution in [-0.2, 0) is 9.53 Å². The minimum Gasteiger partial charge on any atom is -0.485 e. The SMILES string of the molecule is O=C(c1c[nH]c2ccccc12)[C@@H](OC(=O)[C@H]1COc2ccccc2O1)c1ccccc1. The first kappa shape index (κ1) is 18.9. The van der Waals surface area contributed by atoms with Crippen molar-refractivity contribution >= 4 is 22.7 Å². The molecule has 0 amide bonds. The first-order valence-corrected chi connectivity index (χ1v) is 9.95. The normalized spacial score (nSPS) is 15.9. The maximum Gasteiger partial charge on any atom is 0.352 e. The molecule has 4 aromatic rings. The molecule has 31 heavy (non-hydrogen) atoms. The zero-order valence-corrected chi connectivity index (χ0v) is 16.5. The maximum atomic E-state index is 13.5. The lowest BCUT2D eigenvalue weighted by atomic mass is 9.99. The van der Waals surface area contributed by atoms with E-state index in [4.69, 9.17) is 14.2 Å². The Morgan fingerprint density at radius 1 is 0.903 bits per heavy atom. The minimum atomic E-state index is -1.10. The summed E-state index contributed by atoms with van der Waals surface area (Å²) in [7, 11) is 0. The van der Waals surface area contributed by atoms with Gasteiger partial charge in [-0.05, 0) is 18.2 Å². The summed E-state index contributed by atoms with van der Waals surface area (Å²) in [4.78, 5) is 29.5. The summed E-state index contributed by atoms with van der Waals surface area (Å²) in [5.41, 5.74) is 1.89. The molecule has 0 saturated heterocycles. The number of carbonyl (C=O) groups excluding carboxylic acids is 2. The first-order chi connectivity index (χ1) is 15.2. The number of H-pyrrole nitrogens is 1. The van der Waals surface area contributed by atoms with Crippen LogP contribution in [0, 0.1) is 0 Å². The van der Waals surface area contributed by atoms with E-state index >= 15 is 0 Å². The van der Waals surface area contributed by atoms with Crippen LogP contribution in [0.5, 0.6) is 11.5 Å². The van der Waals surface area contributed by atoms with Crippen molar-refractivity contribution in [2.24, 2.45) is 0 Å². The number of hydrogen-bond donors (Lipinski definition) is 1. The number of para-hydroxylation sites is 3. The molecule has 3 aromatic carbocycles. The molecule has 0 bridgehead atoms. The molecule has 1 aliphatic heterocycles. The third-order valence-corrected chi connectivity index (χ3v) is 5.20. The number of aromatic amines is 1. The fourth-order valence-electron chi connectivity index (χ4n) is 3.65. The predicted octanol–water partition coefficient (Wildman–Crippen LogP) is 4.48. The van der Waals surface area contributed by atoms with Gasteiger partial charge in [-0.2, -0.15) is 0 Å². The van der Waals surface area contributed by atoms with Crippen molar-refractivity contribution in [2.75, 3.05) is 6.61 Å². The number of esters is 1. The minimum absolute atomic E-state index is 0.0125. The van der Waals surface area contributed by atoms with Gasteiger partial charge in [-0.15, -0.1) is 0 Å². The Hall–Kier alpha value is -4.06. The summed E-state index contributed by atoms with van der Waals surface area (Å²) in [6, 6.07) is 23.6. The average molecular weight is 413 g/mol. The van der Waals surface area contributed by atoms with Gasteiger partial charge >= 0.3 is 5.97 Å². The topological polar surface area (TPSA) is 77.6 Å². The molecule has 5 rings (SSSR count). The number of ketones is 1. The number of rotatable bonds is 5. The zero-order valence-electron chi connectivity index (χ0n) is 16.5. The standard InChI is InChI=1S/C25H19NO5/c27-23(18-14-26-19-11-5-4-10-17(18)19)24(16-8-2-1-3-9-16)31-25(28)22-15-29-20-12-6-7-13-21(20)30-22/h1-14,22,24,26H,15H2/t22-,24+/m1/s1. The number of aromatic nitrogens is 1. The van der Waals surface area contributed by atoms with Crippen LogP contribution in [0.2, 0.25) is 0 Å². The molecule has 1 N–H and O–H groups in total. The Morgan fingerprint density at radius 2 is 1.61 bits per heavy atom. The summed E-state index contributed by atoms with van der Waals surface area (Å²) in [6.45, 7) is 0.0125. The molecular formula is C25H19NO5. The number of hydrogen-bond acceptors (Lipinski definition) is 5. The Morgan fingerprint density at radius 3 is 2.45 bits per heavy atom.